The Morgan fingerprint density at radius 2 is 2.23 bits per heavy atom. The molecule has 0 aliphatic heterocycles. The van der Waals surface area contributed by atoms with E-state index in [2.05, 4.69) is 20.1 Å². The lowest BCUT2D eigenvalue weighted by Gasteiger charge is -2.00. The highest BCUT2D eigenvalue weighted by atomic mass is 15.3. The van der Waals surface area contributed by atoms with Crippen LogP contribution in [0.3, 0.4) is 0 Å². The van der Waals surface area contributed by atoms with Crippen molar-refractivity contribution in [2.24, 2.45) is 0 Å². The molecule has 0 aliphatic carbocycles. The van der Waals surface area contributed by atoms with Crippen LogP contribution >= 0.6 is 0 Å². The van der Waals surface area contributed by atoms with Crippen LogP contribution in [0.4, 0.5) is 5.95 Å². The molecule has 2 heterocycles. The summed E-state index contributed by atoms with van der Waals surface area (Å²) in [7, 11) is 0. The number of nitrogen functional groups attached to an aromatic ring is 1. The molecule has 2 rings (SSSR count). The summed E-state index contributed by atoms with van der Waals surface area (Å²) >= 11 is 0. The van der Waals surface area contributed by atoms with Gasteiger partial charge >= 0.3 is 0 Å². The third-order valence-corrected chi connectivity index (χ3v) is 1.51. The quantitative estimate of drug-likeness (QED) is 0.658. The molecule has 6 nitrogen and oxygen atoms in total. The van der Waals surface area contributed by atoms with Crippen LogP contribution in [-0.4, -0.2) is 24.7 Å². The second-order valence-corrected chi connectivity index (χ2v) is 2.57. The van der Waals surface area contributed by atoms with E-state index in [0.717, 1.165) is 5.69 Å². The summed E-state index contributed by atoms with van der Waals surface area (Å²) in [6.45, 7) is 1.85. The Morgan fingerprint density at radius 3 is 2.85 bits per heavy atom. The van der Waals surface area contributed by atoms with Crippen LogP contribution in [0.1, 0.15) is 5.69 Å². The topological polar surface area (TPSA) is 82.5 Å². The molecule has 66 valence electrons. The summed E-state index contributed by atoms with van der Waals surface area (Å²) < 4.78 is 1.53. The fourth-order valence-electron chi connectivity index (χ4n) is 1.02. The molecule has 0 saturated heterocycles. The summed E-state index contributed by atoms with van der Waals surface area (Å²) in [4.78, 5) is 11.8. The third-order valence-electron chi connectivity index (χ3n) is 1.51. The highest BCUT2D eigenvalue weighted by Crippen LogP contribution is 2.04. The summed E-state index contributed by atoms with van der Waals surface area (Å²) in [6.07, 6.45) is 2.99. The van der Waals surface area contributed by atoms with Gasteiger partial charge < -0.3 is 5.73 Å². The summed E-state index contributed by atoms with van der Waals surface area (Å²) in [6, 6.07) is 1.78. The maximum atomic E-state index is 5.48. The van der Waals surface area contributed by atoms with Gasteiger partial charge in [-0.15, -0.1) is 0 Å². The van der Waals surface area contributed by atoms with E-state index in [1.165, 1.54) is 11.0 Å². The molecule has 13 heavy (non-hydrogen) atoms. The van der Waals surface area contributed by atoms with Crippen LogP contribution in [0.5, 0.6) is 0 Å². The van der Waals surface area contributed by atoms with Gasteiger partial charge in [-0.25, -0.2) is 14.6 Å². The molecule has 2 N–H and O–H groups in total. The van der Waals surface area contributed by atoms with Crippen molar-refractivity contribution in [2.45, 2.75) is 6.92 Å². The second kappa shape index (κ2) is 2.81. The largest absolute Gasteiger partial charge is 0.368 e. The molecule has 0 unspecified atom stereocenters. The number of hydrogen-bond acceptors (Lipinski definition) is 5. The van der Waals surface area contributed by atoms with Gasteiger partial charge in [0.2, 0.25) is 5.95 Å². The molecule has 6 heteroatoms. The monoisotopic (exact) mass is 176 g/mol. The summed E-state index contributed by atoms with van der Waals surface area (Å²) in [5.41, 5.74) is 6.29. The molecule has 0 spiro atoms. The number of aromatic nitrogens is 5. The van der Waals surface area contributed by atoms with Gasteiger partial charge in [-0.05, 0) is 6.92 Å². The Labute approximate surface area is 74.5 Å². The Bertz CT molecular complexity index is 387. The van der Waals surface area contributed by atoms with Gasteiger partial charge in [0.1, 0.15) is 12.7 Å². The molecule has 0 fully saturated rings. The Kier molecular flexibility index (Phi) is 1.66. The SMILES string of the molecule is Cc1cc(-n2cncn2)nc(N)n1. The predicted molar refractivity (Wildman–Crippen MR) is 46.1 cm³/mol. The molecule has 0 amide bonds. The average Bonchev–Trinajstić information content (AvgIpc) is 2.53. The first-order chi connectivity index (χ1) is 6.25. The van der Waals surface area contributed by atoms with Crippen LogP contribution in [0.25, 0.3) is 5.82 Å². The summed E-state index contributed by atoms with van der Waals surface area (Å²) in [5, 5.41) is 3.93. The molecule has 0 atom stereocenters. The van der Waals surface area contributed by atoms with Gasteiger partial charge in [-0.1, -0.05) is 0 Å². The lowest BCUT2D eigenvalue weighted by atomic mass is 10.4. The van der Waals surface area contributed by atoms with E-state index in [-0.39, 0.29) is 5.95 Å². The number of aryl methyl sites for hydroxylation is 1. The zero-order valence-electron chi connectivity index (χ0n) is 7.05. The fraction of sp³-hybridized carbons (Fsp3) is 0.143. The van der Waals surface area contributed by atoms with Gasteiger partial charge in [0.05, 0.1) is 0 Å². The summed E-state index contributed by atoms with van der Waals surface area (Å²) in [5.74, 6) is 0.869. The number of nitrogens with zero attached hydrogens (tertiary/aromatic N) is 5. The predicted octanol–water partition coefficient (Wildman–Crippen LogP) is -0.0521. The van der Waals surface area contributed by atoms with Crippen molar-refractivity contribution in [2.75, 3.05) is 5.73 Å². The average molecular weight is 176 g/mol. The van der Waals surface area contributed by atoms with E-state index in [1.54, 1.807) is 12.4 Å². The van der Waals surface area contributed by atoms with Crippen LogP contribution in [-0.2, 0) is 0 Å². The van der Waals surface area contributed by atoms with Crippen molar-refractivity contribution < 1.29 is 0 Å². The minimum Gasteiger partial charge on any atom is -0.368 e. The van der Waals surface area contributed by atoms with Gasteiger partial charge in [0, 0.05) is 11.8 Å². The minimum atomic E-state index is 0.241. The first kappa shape index (κ1) is 7.66. The molecule has 0 bridgehead atoms. The second-order valence-electron chi connectivity index (χ2n) is 2.57. The zero-order valence-corrected chi connectivity index (χ0v) is 7.05. The maximum absolute atomic E-state index is 5.48. The highest BCUT2D eigenvalue weighted by molar-refractivity contribution is 5.30. The van der Waals surface area contributed by atoms with E-state index in [4.69, 9.17) is 5.73 Å². The van der Waals surface area contributed by atoms with E-state index in [0.29, 0.717) is 5.82 Å². The van der Waals surface area contributed by atoms with Crippen molar-refractivity contribution >= 4 is 5.95 Å². The van der Waals surface area contributed by atoms with Crippen LogP contribution < -0.4 is 5.73 Å². The number of rotatable bonds is 1. The van der Waals surface area contributed by atoms with E-state index in [9.17, 15) is 0 Å². The lowest BCUT2D eigenvalue weighted by Crippen LogP contribution is -2.04. The van der Waals surface area contributed by atoms with Crippen molar-refractivity contribution in [3.63, 3.8) is 0 Å². The Balaban J connectivity index is 2.53. The van der Waals surface area contributed by atoms with Crippen molar-refractivity contribution in [3.8, 4) is 5.82 Å². The van der Waals surface area contributed by atoms with Gasteiger partial charge in [0.15, 0.2) is 5.82 Å². The minimum absolute atomic E-state index is 0.241. The van der Waals surface area contributed by atoms with Gasteiger partial charge in [-0.2, -0.15) is 10.1 Å². The maximum Gasteiger partial charge on any atom is 0.222 e. The number of anilines is 1. The van der Waals surface area contributed by atoms with Crippen molar-refractivity contribution in [3.05, 3.63) is 24.4 Å². The van der Waals surface area contributed by atoms with Crippen molar-refractivity contribution in [1.29, 1.82) is 0 Å². The van der Waals surface area contributed by atoms with Crippen LogP contribution in [0.2, 0.25) is 0 Å². The molecular formula is C7H8N6. The van der Waals surface area contributed by atoms with Gasteiger partial charge in [-0.3, -0.25) is 0 Å². The number of nitrogens with two attached hydrogens (primary N) is 1. The molecule has 2 aromatic rings. The fourth-order valence-corrected chi connectivity index (χ4v) is 1.02. The Morgan fingerprint density at radius 1 is 1.38 bits per heavy atom. The zero-order chi connectivity index (χ0) is 9.26. The molecule has 0 radical (unpaired) electrons. The molecule has 0 aromatic carbocycles. The molecule has 0 aliphatic rings. The molecule has 2 aromatic heterocycles. The van der Waals surface area contributed by atoms with E-state index >= 15 is 0 Å². The lowest BCUT2D eigenvalue weighted by molar-refractivity contribution is 0.837. The molecular weight excluding hydrogens is 168 g/mol. The van der Waals surface area contributed by atoms with Crippen LogP contribution in [0.15, 0.2) is 18.7 Å². The van der Waals surface area contributed by atoms with E-state index < -0.39 is 0 Å². The number of hydrogen-bond donors (Lipinski definition) is 1. The van der Waals surface area contributed by atoms with Crippen LogP contribution in [0, 0.1) is 6.92 Å². The first-order valence-electron chi connectivity index (χ1n) is 3.72. The standard InChI is InChI=1S/C7H8N6/c1-5-2-6(12-7(8)11-5)13-4-9-3-10-13/h2-4H,1H3,(H2,8,11,12). The van der Waals surface area contributed by atoms with Crippen molar-refractivity contribution in [1.82, 2.24) is 24.7 Å². The van der Waals surface area contributed by atoms with E-state index in [1.807, 2.05) is 6.92 Å². The first-order valence-corrected chi connectivity index (χ1v) is 3.72. The molecule has 0 saturated carbocycles. The smallest absolute Gasteiger partial charge is 0.222 e. The normalized spacial score (nSPS) is 10.2. The third kappa shape index (κ3) is 1.46. The highest BCUT2D eigenvalue weighted by Gasteiger charge is 2.01. The Hall–Kier alpha value is -1.98. The van der Waals surface area contributed by atoms with Gasteiger partial charge in [0.25, 0.3) is 0 Å².